The second kappa shape index (κ2) is 12.5. The van der Waals surface area contributed by atoms with Gasteiger partial charge < -0.3 is 0 Å². The molecule has 0 atom stereocenters. The van der Waals surface area contributed by atoms with Crippen LogP contribution in [0.2, 0.25) is 0 Å². The van der Waals surface area contributed by atoms with E-state index in [-0.39, 0.29) is 0 Å². The first kappa shape index (κ1) is 17.8. The molecule has 20 heavy (non-hydrogen) atoms. The largest absolute Gasteiger partial charge is 0.0996 e. The Morgan fingerprint density at radius 1 is 0.750 bits per heavy atom. The number of rotatable bonds is 13. The summed E-state index contributed by atoms with van der Waals surface area (Å²) in [5.41, 5.74) is 1.57. The van der Waals surface area contributed by atoms with Crippen molar-refractivity contribution in [2.45, 2.75) is 110 Å². The Hall–Kier alpha value is -0.260. The molecule has 0 heteroatoms. The van der Waals surface area contributed by atoms with Crippen LogP contribution in [0.1, 0.15) is 110 Å². The van der Waals surface area contributed by atoms with Gasteiger partial charge in [-0.15, -0.1) is 0 Å². The fraction of sp³-hybridized carbons (Fsp3) is 0.900. The summed E-state index contributed by atoms with van der Waals surface area (Å²) in [5, 5.41) is 0. The highest BCUT2D eigenvalue weighted by Crippen LogP contribution is 2.32. The van der Waals surface area contributed by atoms with Crippen molar-refractivity contribution in [3.8, 4) is 0 Å². The van der Waals surface area contributed by atoms with Crippen molar-refractivity contribution in [1.82, 2.24) is 0 Å². The van der Waals surface area contributed by atoms with Gasteiger partial charge in [-0.3, -0.25) is 0 Å². The van der Waals surface area contributed by atoms with E-state index in [1.165, 1.54) is 103 Å². The Balaban J connectivity index is 1.77. The molecule has 0 bridgehead atoms. The van der Waals surface area contributed by atoms with Crippen LogP contribution in [-0.2, 0) is 0 Å². The van der Waals surface area contributed by atoms with E-state index in [0.717, 1.165) is 5.92 Å². The molecule has 0 spiro atoms. The minimum atomic E-state index is 0.887. The van der Waals surface area contributed by atoms with Crippen molar-refractivity contribution in [2.75, 3.05) is 0 Å². The normalized spacial score (nSPS) is 15.8. The van der Waals surface area contributed by atoms with Gasteiger partial charge in [-0.1, -0.05) is 96.1 Å². The molecule has 1 rings (SSSR count). The molecule has 0 radical (unpaired) electrons. The molecule has 1 saturated carbocycles. The summed E-state index contributed by atoms with van der Waals surface area (Å²) in [7, 11) is 0. The van der Waals surface area contributed by atoms with E-state index in [0.29, 0.717) is 0 Å². The van der Waals surface area contributed by atoms with Crippen LogP contribution in [0, 0.1) is 5.92 Å². The lowest BCUT2D eigenvalue weighted by atomic mass is 9.94. The molecule has 0 amide bonds. The Labute approximate surface area is 128 Å². The zero-order valence-corrected chi connectivity index (χ0v) is 14.1. The van der Waals surface area contributed by atoms with Crippen LogP contribution in [0.3, 0.4) is 0 Å². The number of hydrogen-bond acceptors (Lipinski definition) is 0. The van der Waals surface area contributed by atoms with Crippen LogP contribution in [0.4, 0.5) is 0 Å². The van der Waals surface area contributed by atoms with Gasteiger partial charge in [0.05, 0.1) is 0 Å². The molecule has 118 valence electrons. The van der Waals surface area contributed by atoms with Crippen LogP contribution >= 0.6 is 0 Å². The maximum Gasteiger partial charge on any atom is -0.0206 e. The van der Waals surface area contributed by atoms with Crippen LogP contribution in [0.5, 0.6) is 0 Å². The molecule has 0 aliphatic heterocycles. The maximum absolute atomic E-state index is 4.32. The first-order valence-corrected chi connectivity index (χ1v) is 9.52. The molecule has 1 fully saturated rings. The van der Waals surface area contributed by atoms with Crippen molar-refractivity contribution in [3.05, 3.63) is 12.2 Å². The van der Waals surface area contributed by atoms with Gasteiger partial charge >= 0.3 is 0 Å². The standard InChI is InChI=1S/C20H38/c1-3-4-5-6-7-8-9-10-11-12-13-16-19(2)20-17-14-15-18-20/h20H,2-18H2,1H3. The highest BCUT2D eigenvalue weighted by molar-refractivity contribution is 5.02. The second-order valence-corrected chi connectivity index (χ2v) is 6.93. The van der Waals surface area contributed by atoms with Crippen LogP contribution < -0.4 is 0 Å². The Morgan fingerprint density at radius 2 is 1.20 bits per heavy atom. The molecule has 0 aromatic heterocycles. The van der Waals surface area contributed by atoms with Crippen molar-refractivity contribution in [2.24, 2.45) is 5.92 Å². The fourth-order valence-corrected chi connectivity index (χ4v) is 3.55. The number of allylic oxidation sites excluding steroid dienone is 1. The smallest absolute Gasteiger partial charge is 0.0206 e. The summed E-state index contributed by atoms with van der Waals surface area (Å²) in [6, 6.07) is 0. The summed E-state index contributed by atoms with van der Waals surface area (Å²) in [5.74, 6) is 0.887. The molecule has 0 nitrogen and oxygen atoms in total. The fourth-order valence-electron chi connectivity index (χ4n) is 3.55. The average molecular weight is 279 g/mol. The van der Waals surface area contributed by atoms with Crippen molar-refractivity contribution >= 4 is 0 Å². The third-order valence-electron chi connectivity index (χ3n) is 5.03. The first-order chi connectivity index (χ1) is 9.84. The van der Waals surface area contributed by atoms with Crippen molar-refractivity contribution in [1.29, 1.82) is 0 Å². The second-order valence-electron chi connectivity index (χ2n) is 6.93. The quantitative estimate of drug-likeness (QED) is 0.243. The molecule has 0 heterocycles. The van der Waals surface area contributed by atoms with Gasteiger partial charge in [-0.05, 0) is 31.6 Å². The topological polar surface area (TPSA) is 0 Å². The zero-order chi connectivity index (χ0) is 14.5. The minimum absolute atomic E-state index is 0.887. The van der Waals surface area contributed by atoms with Gasteiger partial charge in [0.1, 0.15) is 0 Å². The van der Waals surface area contributed by atoms with E-state index < -0.39 is 0 Å². The average Bonchev–Trinajstić information content (AvgIpc) is 2.99. The molecule has 1 aliphatic rings. The van der Waals surface area contributed by atoms with Crippen LogP contribution in [-0.4, -0.2) is 0 Å². The van der Waals surface area contributed by atoms with Crippen LogP contribution in [0.15, 0.2) is 12.2 Å². The molecule has 1 aliphatic carbocycles. The molecule has 0 saturated heterocycles. The molecule has 0 aromatic carbocycles. The van der Waals surface area contributed by atoms with Gasteiger partial charge in [-0.2, -0.15) is 0 Å². The van der Waals surface area contributed by atoms with E-state index in [1.54, 1.807) is 5.57 Å². The van der Waals surface area contributed by atoms with Gasteiger partial charge in [0.15, 0.2) is 0 Å². The van der Waals surface area contributed by atoms with Gasteiger partial charge in [0, 0.05) is 0 Å². The lowest BCUT2D eigenvalue weighted by Gasteiger charge is -2.12. The van der Waals surface area contributed by atoms with Crippen LogP contribution in [0.25, 0.3) is 0 Å². The lowest BCUT2D eigenvalue weighted by Crippen LogP contribution is -1.97. The molecule has 0 N–H and O–H groups in total. The van der Waals surface area contributed by atoms with Gasteiger partial charge in [-0.25, -0.2) is 0 Å². The Kier molecular flexibility index (Phi) is 11.1. The van der Waals surface area contributed by atoms with Crippen molar-refractivity contribution < 1.29 is 0 Å². The number of hydrogen-bond donors (Lipinski definition) is 0. The molecule has 0 aromatic rings. The summed E-state index contributed by atoms with van der Waals surface area (Å²) >= 11 is 0. The third kappa shape index (κ3) is 8.82. The van der Waals surface area contributed by atoms with E-state index in [9.17, 15) is 0 Å². The Bertz CT molecular complexity index is 222. The first-order valence-electron chi connectivity index (χ1n) is 9.52. The lowest BCUT2D eigenvalue weighted by molar-refractivity contribution is 0.539. The minimum Gasteiger partial charge on any atom is -0.0996 e. The summed E-state index contributed by atoms with van der Waals surface area (Å²) < 4.78 is 0. The molecule has 0 unspecified atom stereocenters. The zero-order valence-electron chi connectivity index (χ0n) is 14.1. The predicted octanol–water partition coefficient (Wildman–Crippen LogP) is 7.43. The maximum atomic E-state index is 4.32. The number of unbranched alkanes of at least 4 members (excludes halogenated alkanes) is 10. The van der Waals surface area contributed by atoms with E-state index in [2.05, 4.69) is 13.5 Å². The van der Waals surface area contributed by atoms with E-state index in [1.807, 2.05) is 0 Å². The monoisotopic (exact) mass is 278 g/mol. The summed E-state index contributed by atoms with van der Waals surface area (Å²) in [4.78, 5) is 0. The SMILES string of the molecule is C=C(CCCCCCCCCCCCC)C1CCCC1. The summed E-state index contributed by atoms with van der Waals surface area (Å²) in [6.45, 7) is 6.61. The summed E-state index contributed by atoms with van der Waals surface area (Å²) in [6.07, 6.45) is 22.9. The highest BCUT2D eigenvalue weighted by atomic mass is 14.2. The Morgan fingerprint density at radius 3 is 1.70 bits per heavy atom. The third-order valence-corrected chi connectivity index (χ3v) is 5.03. The van der Waals surface area contributed by atoms with E-state index >= 15 is 0 Å². The highest BCUT2D eigenvalue weighted by Gasteiger charge is 2.17. The van der Waals surface area contributed by atoms with Gasteiger partial charge in [0.2, 0.25) is 0 Å². The van der Waals surface area contributed by atoms with Crippen molar-refractivity contribution in [3.63, 3.8) is 0 Å². The molecular weight excluding hydrogens is 240 g/mol. The molecular formula is C20H38. The van der Waals surface area contributed by atoms with E-state index in [4.69, 9.17) is 0 Å². The predicted molar refractivity (Wildman–Crippen MR) is 92.2 cm³/mol. The van der Waals surface area contributed by atoms with Gasteiger partial charge in [0.25, 0.3) is 0 Å².